The average Bonchev–Trinajstić information content (AvgIpc) is 3.04. The molecule has 1 unspecified atom stereocenters. The van der Waals surface area contributed by atoms with E-state index in [0.717, 1.165) is 81.5 Å². The molecular weight excluding hydrogens is 378 g/mol. The minimum Gasteiger partial charge on any atom is -0.393 e. The van der Waals surface area contributed by atoms with Gasteiger partial charge in [-0.25, -0.2) is 0 Å². The second-order valence-electron chi connectivity index (χ2n) is 9.42. The van der Waals surface area contributed by atoms with Gasteiger partial charge in [-0.2, -0.15) is 0 Å². The summed E-state index contributed by atoms with van der Waals surface area (Å²) in [5.74, 6) is 0.351. The lowest BCUT2D eigenvalue weighted by atomic mass is 9.78. The van der Waals surface area contributed by atoms with Crippen molar-refractivity contribution in [2.24, 2.45) is 5.41 Å². The molecule has 1 aromatic carbocycles. The number of aliphatic hydroxyl groups excluding tert-OH is 1. The first-order valence-corrected chi connectivity index (χ1v) is 11.6. The number of aryl methyl sites for hydroxylation is 1. The summed E-state index contributed by atoms with van der Waals surface area (Å²) in [6.07, 6.45) is 6.69. The summed E-state index contributed by atoms with van der Waals surface area (Å²) in [6, 6.07) is 6.38. The number of nitrogens with zero attached hydrogens (tertiary/aromatic N) is 2. The third-order valence-corrected chi connectivity index (χ3v) is 7.37. The van der Waals surface area contributed by atoms with Gasteiger partial charge in [-0.05, 0) is 75.6 Å². The molecule has 2 amide bonds. The van der Waals surface area contributed by atoms with E-state index >= 15 is 0 Å². The average molecular weight is 414 g/mol. The van der Waals surface area contributed by atoms with Gasteiger partial charge in [-0.3, -0.25) is 9.59 Å². The fraction of sp³-hybridized carbons (Fsp3) is 0.667. The number of hydrogen-bond donors (Lipinski definition) is 2. The van der Waals surface area contributed by atoms with Gasteiger partial charge in [0.25, 0.3) is 0 Å². The van der Waals surface area contributed by atoms with Crippen molar-refractivity contribution in [2.75, 3.05) is 29.9 Å². The first-order valence-electron chi connectivity index (χ1n) is 11.6. The number of aliphatic hydroxyl groups is 1. The number of amides is 2. The van der Waals surface area contributed by atoms with Crippen LogP contribution >= 0.6 is 0 Å². The topological polar surface area (TPSA) is 72.9 Å². The van der Waals surface area contributed by atoms with Crippen molar-refractivity contribution in [3.8, 4) is 0 Å². The van der Waals surface area contributed by atoms with Gasteiger partial charge in [-0.1, -0.05) is 6.92 Å². The minimum absolute atomic E-state index is 0.0194. The Kier molecular flexibility index (Phi) is 6.05. The summed E-state index contributed by atoms with van der Waals surface area (Å²) >= 11 is 0. The van der Waals surface area contributed by atoms with Crippen molar-refractivity contribution in [3.63, 3.8) is 0 Å². The van der Waals surface area contributed by atoms with E-state index in [4.69, 9.17) is 0 Å². The van der Waals surface area contributed by atoms with E-state index in [2.05, 4.69) is 28.1 Å². The van der Waals surface area contributed by atoms with E-state index in [9.17, 15) is 14.7 Å². The normalized spacial score (nSPS) is 29.5. The Labute approximate surface area is 179 Å². The first-order chi connectivity index (χ1) is 14.4. The molecule has 3 fully saturated rings. The highest BCUT2D eigenvalue weighted by Gasteiger charge is 2.50. The molecule has 4 rings (SSSR count). The molecule has 30 heavy (non-hydrogen) atoms. The van der Waals surface area contributed by atoms with E-state index in [1.807, 2.05) is 19.1 Å². The molecule has 1 aliphatic carbocycles. The lowest BCUT2D eigenvalue weighted by Gasteiger charge is -2.42. The predicted octanol–water partition coefficient (Wildman–Crippen LogP) is 3.47. The number of anilines is 2. The van der Waals surface area contributed by atoms with E-state index in [1.165, 1.54) is 0 Å². The molecule has 2 saturated heterocycles. The summed E-state index contributed by atoms with van der Waals surface area (Å²) < 4.78 is 0. The van der Waals surface area contributed by atoms with Crippen LogP contribution in [-0.4, -0.2) is 53.6 Å². The van der Waals surface area contributed by atoms with Crippen LogP contribution in [0.1, 0.15) is 63.9 Å². The smallest absolute Gasteiger partial charge is 0.230 e. The highest BCUT2D eigenvalue weighted by atomic mass is 16.3. The summed E-state index contributed by atoms with van der Waals surface area (Å²) in [6.45, 7) is 6.52. The molecule has 1 aromatic rings. The van der Waals surface area contributed by atoms with E-state index in [-0.39, 0.29) is 17.4 Å². The fourth-order valence-electron chi connectivity index (χ4n) is 5.62. The van der Waals surface area contributed by atoms with Crippen molar-refractivity contribution in [1.82, 2.24) is 4.90 Å². The maximum absolute atomic E-state index is 13.5. The Balaban J connectivity index is 1.47. The Bertz CT molecular complexity index is 803. The number of benzene rings is 1. The Morgan fingerprint density at radius 2 is 1.97 bits per heavy atom. The zero-order valence-electron chi connectivity index (χ0n) is 18.3. The zero-order chi connectivity index (χ0) is 21.3. The molecule has 1 spiro atoms. The van der Waals surface area contributed by atoms with Crippen LogP contribution in [0, 0.1) is 12.3 Å². The summed E-state index contributed by atoms with van der Waals surface area (Å²) in [7, 11) is 0. The van der Waals surface area contributed by atoms with E-state index in [1.54, 1.807) is 0 Å². The van der Waals surface area contributed by atoms with Crippen LogP contribution in [0.3, 0.4) is 0 Å². The van der Waals surface area contributed by atoms with E-state index in [0.29, 0.717) is 18.4 Å². The van der Waals surface area contributed by atoms with Crippen molar-refractivity contribution < 1.29 is 14.7 Å². The number of piperidine rings is 1. The molecule has 2 heterocycles. The van der Waals surface area contributed by atoms with E-state index < -0.39 is 0 Å². The maximum atomic E-state index is 13.5. The molecule has 6 heteroatoms. The SMILES string of the molecule is CCC(=O)Nc1ccc(N2CCCC3(CCN(C4CCC(O)CC4)C3=O)C2)c(C)c1. The second kappa shape index (κ2) is 8.58. The molecule has 0 radical (unpaired) electrons. The molecule has 3 aliphatic rings. The lowest BCUT2D eigenvalue weighted by molar-refractivity contribution is -0.139. The van der Waals surface area contributed by atoms with Crippen molar-refractivity contribution in [1.29, 1.82) is 0 Å². The number of carbonyl (C=O) groups is 2. The number of rotatable bonds is 4. The molecule has 1 saturated carbocycles. The summed E-state index contributed by atoms with van der Waals surface area (Å²) in [5.41, 5.74) is 2.85. The van der Waals surface area contributed by atoms with Gasteiger partial charge in [0.15, 0.2) is 0 Å². The number of carbonyl (C=O) groups excluding carboxylic acids is 2. The van der Waals surface area contributed by atoms with Crippen LogP contribution in [0.2, 0.25) is 0 Å². The molecule has 2 aliphatic heterocycles. The maximum Gasteiger partial charge on any atom is 0.230 e. The van der Waals surface area contributed by atoms with Gasteiger partial charge < -0.3 is 20.2 Å². The first kappa shape index (κ1) is 21.2. The quantitative estimate of drug-likeness (QED) is 0.793. The predicted molar refractivity (Wildman–Crippen MR) is 119 cm³/mol. The number of hydrogen-bond acceptors (Lipinski definition) is 4. The lowest BCUT2D eigenvalue weighted by Crippen LogP contribution is -2.50. The number of likely N-dealkylation sites (tertiary alicyclic amines) is 1. The van der Waals surface area contributed by atoms with Gasteiger partial charge in [0.1, 0.15) is 0 Å². The van der Waals surface area contributed by atoms with Crippen LogP contribution in [0.15, 0.2) is 18.2 Å². The largest absolute Gasteiger partial charge is 0.393 e. The third-order valence-electron chi connectivity index (χ3n) is 7.37. The van der Waals surface area contributed by atoms with Crippen molar-refractivity contribution in [2.45, 2.75) is 77.4 Å². The Morgan fingerprint density at radius 3 is 2.67 bits per heavy atom. The fourth-order valence-corrected chi connectivity index (χ4v) is 5.62. The molecule has 164 valence electrons. The monoisotopic (exact) mass is 413 g/mol. The molecule has 0 aromatic heterocycles. The van der Waals surface area contributed by atoms with Crippen LogP contribution in [0.5, 0.6) is 0 Å². The van der Waals surface area contributed by atoms with Crippen LogP contribution in [-0.2, 0) is 9.59 Å². The van der Waals surface area contributed by atoms with Crippen LogP contribution in [0.25, 0.3) is 0 Å². The molecular formula is C24H35N3O3. The number of nitrogens with one attached hydrogen (secondary N) is 1. The van der Waals surface area contributed by atoms with Gasteiger partial charge in [0, 0.05) is 43.5 Å². The second-order valence-corrected chi connectivity index (χ2v) is 9.42. The van der Waals surface area contributed by atoms with Crippen LogP contribution in [0.4, 0.5) is 11.4 Å². The van der Waals surface area contributed by atoms with Crippen molar-refractivity contribution in [3.05, 3.63) is 23.8 Å². The Morgan fingerprint density at radius 1 is 1.20 bits per heavy atom. The summed E-state index contributed by atoms with van der Waals surface area (Å²) in [4.78, 5) is 29.7. The van der Waals surface area contributed by atoms with Gasteiger partial charge >= 0.3 is 0 Å². The van der Waals surface area contributed by atoms with Gasteiger partial charge in [-0.15, -0.1) is 0 Å². The van der Waals surface area contributed by atoms with Gasteiger partial charge in [0.2, 0.25) is 11.8 Å². The third kappa shape index (κ3) is 4.07. The highest BCUT2D eigenvalue weighted by Crippen LogP contribution is 2.44. The molecule has 6 nitrogen and oxygen atoms in total. The van der Waals surface area contributed by atoms with Crippen LogP contribution < -0.4 is 10.2 Å². The standard InChI is InChI=1S/C24H35N3O3/c1-3-22(29)25-18-5-10-21(17(2)15-18)26-13-4-11-24(16-26)12-14-27(23(24)30)19-6-8-20(28)9-7-19/h5,10,15,19-20,28H,3-4,6-9,11-14,16H2,1-2H3,(H,25,29). The molecule has 2 N–H and O–H groups in total. The zero-order valence-corrected chi connectivity index (χ0v) is 18.3. The van der Waals surface area contributed by atoms with Gasteiger partial charge in [0.05, 0.1) is 11.5 Å². The molecule has 1 atom stereocenters. The summed E-state index contributed by atoms with van der Waals surface area (Å²) in [5, 5.41) is 12.7. The Hall–Kier alpha value is -2.08. The minimum atomic E-state index is -0.268. The van der Waals surface area contributed by atoms with Crippen molar-refractivity contribution >= 4 is 23.2 Å². The highest BCUT2D eigenvalue weighted by molar-refractivity contribution is 5.91. The molecule has 0 bridgehead atoms.